The van der Waals surface area contributed by atoms with Gasteiger partial charge in [0.05, 0.1) is 23.9 Å². The van der Waals surface area contributed by atoms with E-state index >= 15 is 0 Å². The van der Waals surface area contributed by atoms with E-state index in [2.05, 4.69) is 66.8 Å². The average Bonchev–Trinajstić information content (AvgIpc) is 3.60. The molecule has 7 rings (SSSR count). The average molecular weight is 610 g/mol. The highest BCUT2D eigenvalue weighted by Crippen LogP contribution is 2.47. The van der Waals surface area contributed by atoms with E-state index in [9.17, 15) is 13.2 Å². The molecule has 1 aromatic heterocycles. The smallest absolute Gasteiger partial charge is 0.405 e. The number of aromatic nitrogens is 1. The molecule has 2 aromatic carbocycles. The quantitative estimate of drug-likeness (QED) is 0.252. The lowest BCUT2D eigenvalue weighted by molar-refractivity contribution is -0.274. The minimum Gasteiger partial charge on any atom is -0.405 e. The summed E-state index contributed by atoms with van der Waals surface area (Å²) in [7, 11) is -0.389. The molecular formula is C33H38BF3N2O5. The summed E-state index contributed by atoms with van der Waals surface area (Å²) < 4.78 is 68.4. The predicted molar refractivity (Wildman–Crippen MR) is 160 cm³/mol. The Morgan fingerprint density at radius 3 is 2.16 bits per heavy atom. The summed E-state index contributed by atoms with van der Waals surface area (Å²) in [6.45, 7) is 8.47. The zero-order valence-corrected chi connectivity index (χ0v) is 25.5. The van der Waals surface area contributed by atoms with Crippen LogP contribution in [-0.4, -0.2) is 48.0 Å². The maximum Gasteiger partial charge on any atom is 0.573 e. The second-order valence-corrected chi connectivity index (χ2v) is 13.6. The van der Waals surface area contributed by atoms with Gasteiger partial charge in [-0.3, -0.25) is 0 Å². The van der Waals surface area contributed by atoms with Crippen LogP contribution in [0.1, 0.15) is 83.5 Å². The number of benzene rings is 2. The molecule has 0 spiro atoms. The first kappa shape index (κ1) is 29.7. The van der Waals surface area contributed by atoms with Crippen LogP contribution in [0.2, 0.25) is 0 Å². The standard InChI is InChI=1S/C33H38BF3N2O5/c1-31(2)32(3,4)44-34(43-31)21-11-13-22(14-12-21)39-23-15-16-24(39)18-25(17-23)40-19-27-29(38-42-30(27)20-9-10-20)26-7-5-6-8-28(26)41-33(35,36)37/h5-8,11-14,20,23-25H,9-10,15-19H2,1-4H3/t23-,24+,25?. The van der Waals surface area contributed by atoms with Crippen molar-refractivity contribution in [1.29, 1.82) is 0 Å². The Kier molecular flexibility index (Phi) is 7.29. The lowest BCUT2D eigenvalue weighted by Crippen LogP contribution is -2.45. The summed E-state index contributed by atoms with van der Waals surface area (Å²) >= 11 is 0. The largest absolute Gasteiger partial charge is 0.573 e. The van der Waals surface area contributed by atoms with Gasteiger partial charge in [0, 0.05) is 34.8 Å². The van der Waals surface area contributed by atoms with Gasteiger partial charge in [0.25, 0.3) is 0 Å². The molecular weight excluding hydrogens is 572 g/mol. The first-order chi connectivity index (χ1) is 20.9. The Morgan fingerprint density at radius 1 is 0.909 bits per heavy atom. The van der Waals surface area contributed by atoms with E-state index in [1.807, 2.05) is 0 Å². The fourth-order valence-electron chi connectivity index (χ4n) is 6.88. The first-order valence-electron chi connectivity index (χ1n) is 15.6. The molecule has 44 heavy (non-hydrogen) atoms. The third-order valence-corrected chi connectivity index (χ3v) is 10.0. The van der Waals surface area contributed by atoms with E-state index in [1.165, 1.54) is 17.8 Å². The molecule has 4 heterocycles. The number of hydrogen-bond donors (Lipinski definition) is 0. The van der Waals surface area contributed by atoms with Gasteiger partial charge in [-0.2, -0.15) is 0 Å². The van der Waals surface area contributed by atoms with Crippen LogP contribution in [0.25, 0.3) is 11.3 Å². The molecule has 0 radical (unpaired) electrons. The highest BCUT2D eigenvalue weighted by atomic mass is 19.4. The highest BCUT2D eigenvalue weighted by molar-refractivity contribution is 6.62. The van der Waals surface area contributed by atoms with Gasteiger partial charge in [-0.1, -0.05) is 29.4 Å². The summed E-state index contributed by atoms with van der Waals surface area (Å²) in [5.41, 5.74) is 2.76. The second-order valence-electron chi connectivity index (χ2n) is 13.6. The van der Waals surface area contributed by atoms with Gasteiger partial charge in [0.15, 0.2) is 0 Å². The number of halogens is 3. The molecule has 4 aliphatic rings. The summed E-state index contributed by atoms with van der Waals surface area (Å²) in [4.78, 5) is 2.53. The fraction of sp³-hybridized carbons (Fsp3) is 0.545. The summed E-state index contributed by atoms with van der Waals surface area (Å²) in [5.74, 6) is 0.640. The third kappa shape index (κ3) is 5.63. The van der Waals surface area contributed by atoms with Crippen molar-refractivity contribution < 1.29 is 36.5 Å². The number of para-hydroxylation sites is 1. The Balaban J connectivity index is 1.04. The van der Waals surface area contributed by atoms with Crippen LogP contribution in [-0.2, 0) is 20.7 Å². The molecule has 11 heteroatoms. The molecule has 0 amide bonds. The number of alkyl halides is 3. The van der Waals surface area contributed by atoms with Gasteiger partial charge in [0.1, 0.15) is 17.2 Å². The van der Waals surface area contributed by atoms with Crippen LogP contribution in [0, 0.1) is 0 Å². The van der Waals surface area contributed by atoms with Crippen molar-refractivity contribution in [1.82, 2.24) is 5.16 Å². The minimum atomic E-state index is -4.81. The SMILES string of the molecule is CC1(C)OB(c2ccc(N3[C@@H]4CC[C@H]3CC(OCc3c(-c5ccccc5OC(F)(F)F)noc3C3CC3)C4)cc2)OC1(C)C. The number of rotatable bonds is 8. The molecule has 1 unspecified atom stereocenters. The predicted octanol–water partition coefficient (Wildman–Crippen LogP) is 7.13. The van der Waals surface area contributed by atoms with Crippen LogP contribution in [0.15, 0.2) is 53.1 Å². The Hall–Kier alpha value is -3.02. The van der Waals surface area contributed by atoms with Crippen LogP contribution >= 0.6 is 0 Å². The number of nitrogens with zero attached hydrogens (tertiary/aromatic N) is 2. The van der Waals surface area contributed by atoms with Gasteiger partial charge in [-0.25, -0.2) is 0 Å². The van der Waals surface area contributed by atoms with E-state index in [1.54, 1.807) is 12.1 Å². The van der Waals surface area contributed by atoms with E-state index < -0.39 is 6.36 Å². The molecule has 3 aromatic rings. The van der Waals surface area contributed by atoms with Crippen LogP contribution in [0.4, 0.5) is 18.9 Å². The van der Waals surface area contributed by atoms with Gasteiger partial charge in [-0.05, 0) is 95.9 Å². The maximum atomic E-state index is 13.1. The molecule has 1 saturated carbocycles. The molecule has 2 bridgehead atoms. The van der Waals surface area contributed by atoms with Crippen LogP contribution in [0.3, 0.4) is 0 Å². The zero-order valence-electron chi connectivity index (χ0n) is 25.5. The zero-order chi connectivity index (χ0) is 30.9. The number of anilines is 1. The van der Waals surface area contributed by atoms with Crippen molar-refractivity contribution in [3.63, 3.8) is 0 Å². The van der Waals surface area contributed by atoms with Crippen molar-refractivity contribution in [3.8, 4) is 17.0 Å². The van der Waals surface area contributed by atoms with Crippen molar-refractivity contribution in [2.24, 2.45) is 0 Å². The lowest BCUT2D eigenvalue weighted by Gasteiger charge is -2.40. The highest BCUT2D eigenvalue weighted by Gasteiger charge is 2.52. The van der Waals surface area contributed by atoms with Gasteiger partial charge < -0.3 is 28.2 Å². The fourth-order valence-corrected chi connectivity index (χ4v) is 6.88. The number of fused-ring (bicyclic) bond motifs is 2. The molecule has 4 fully saturated rings. The lowest BCUT2D eigenvalue weighted by atomic mass is 9.79. The van der Waals surface area contributed by atoms with E-state index in [0.717, 1.165) is 49.6 Å². The van der Waals surface area contributed by atoms with E-state index in [0.29, 0.717) is 23.5 Å². The third-order valence-electron chi connectivity index (χ3n) is 10.0. The Morgan fingerprint density at radius 2 is 1.55 bits per heavy atom. The Labute approximate surface area is 256 Å². The molecule has 7 nitrogen and oxygen atoms in total. The second kappa shape index (κ2) is 10.8. The first-order valence-corrected chi connectivity index (χ1v) is 15.6. The summed E-state index contributed by atoms with van der Waals surface area (Å²) in [5, 5.41) is 4.22. The van der Waals surface area contributed by atoms with E-state index in [-0.39, 0.29) is 48.3 Å². The topological polar surface area (TPSA) is 66.2 Å². The molecule has 3 saturated heterocycles. The van der Waals surface area contributed by atoms with Crippen molar-refractivity contribution in [2.75, 3.05) is 4.90 Å². The minimum absolute atomic E-state index is 0.0317. The van der Waals surface area contributed by atoms with Gasteiger partial charge in [0.2, 0.25) is 0 Å². The maximum absolute atomic E-state index is 13.1. The number of hydrogen-bond acceptors (Lipinski definition) is 7. The number of ether oxygens (including phenoxy) is 2. The monoisotopic (exact) mass is 610 g/mol. The van der Waals surface area contributed by atoms with E-state index in [4.69, 9.17) is 18.6 Å². The molecule has 0 N–H and O–H groups in total. The molecule has 234 valence electrons. The van der Waals surface area contributed by atoms with Gasteiger partial charge >= 0.3 is 13.5 Å². The summed E-state index contributed by atoms with van der Waals surface area (Å²) in [6, 6.07) is 15.3. The molecule has 3 atom stereocenters. The van der Waals surface area contributed by atoms with Crippen LogP contribution in [0.5, 0.6) is 5.75 Å². The van der Waals surface area contributed by atoms with Crippen molar-refractivity contribution >= 4 is 18.3 Å². The normalized spacial score (nSPS) is 25.9. The van der Waals surface area contributed by atoms with Crippen LogP contribution < -0.4 is 15.1 Å². The number of piperidine rings is 1. The van der Waals surface area contributed by atoms with Gasteiger partial charge in [-0.15, -0.1) is 13.2 Å². The van der Waals surface area contributed by atoms with Crippen molar-refractivity contribution in [2.45, 2.75) is 114 Å². The van der Waals surface area contributed by atoms with Crippen molar-refractivity contribution in [3.05, 3.63) is 59.9 Å². The molecule has 3 aliphatic heterocycles. The molecule has 1 aliphatic carbocycles. The summed E-state index contributed by atoms with van der Waals surface area (Å²) in [6.07, 6.45) is 1.11. The Bertz CT molecular complexity index is 1470.